The van der Waals surface area contributed by atoms with Crippen LogP contribution in [0.15, 0.2) is 152 Å². The highest BCUT2D eigenvalue weighted by molar-refractivity contribution is 7.45. The lowest BCUT2D eigenvalue weighted by Gasteiger charge is -2.31. The summed E-state index contributed by atoms with van der Waals surface area (Å²) >= 11 is 0. The first-order valence-electron chi connectivity index (χ1n) is 15.7. The lowest BCUT2D eigenvalue weighted by molar-refractivity contribution is -0.670. The molecular formula is C40H43N2O5P. The maximum atomic E-state index is 12.5. The van der Waals surface area contributed by atoms with Crippen LogP contribution in [0, 0.1) is 0 Å². The van der Waals surface area contributed by atoms with E-state index >= 15 is 0 Å². The maximum absolute atomic E-state index is 12.5. The van der Waals surface area contributed by atoms with Crippen molar-refractivity contribution in [3.63, 3.8) is 0 Å². The van der Waals surface area contributed by atoms with Crippen molar-refractivity contribution in [1.29, 1.82) is 0 Å². The number of nitrogens with zero attached hydrogens (tertiary/aromatic N) is 1. The Labute approximate surface area is 283 Å². The molecule has 8 heteroatoms. The number of hydrogen-bond acceptors (Lipinski definition) is 4. The third-order valence-electron chi connectivity index (χ3n) is 7.88. The van der Waals surface area contributed by atoms with E-state index in [0.29, 0.717) is 11.1 Å². The van der Waals surface area contributed by atoms with Gasteiger partial charge in [-0.3, -0.25) is 9.55 Å². The minimum Gasteiger partial charge on any atom is -0.746 e. The van der Waals surface area contributed by atoms with Crippen molar-refractivity contribution in [1.82, 2.24) is 4.98 Å². The van der Waals surface area contributed by atoms with Gasteiger partial charge in [0.05, 0.1) is 7.05 Å². The van der Waals surface area contributed by atoms with Crippen LogP contribution in [0.3, 0.4) is 0 Å². The summed E-state index contributed by atoms with van der Waals surface area (Å²) in [5.41, 5.74) is 6.35. The molecule has 1 atom stereocenters. The quantitative estimate of drug-likeness (QED) is 0.0846. The van der Waals surface area contributed by atoms with Crippen LogP contribution in [0.2, 0.25) is 0 Å². The summed E-state index contributed by atoms with van der Waals surface area (Å²) in [6.07, 6.45) is 5.69. The smallest absolute Gasteiger partial charge is 0.317 e. The van der Waals surface area contributed by atoms with Gasteiger partial charge in [-0.25, -0.2) is 4.57 Å². The molecule has 0 bridgehead atoms. The van der Waals surface area contributed by atoms with E-state index < -0.39 is 7.82 Å². The molecule has 5 aromatic carbocycles. The molecule has 0 aliphatic heterocycles. The second kappa shape index (κ2) is 17.4. The van der Waals surface area contributed by atoms with Gasteiger partial charge in [-0.2, -0.15) is 0 Å². The van der Waals surface area contributed by atoms with Crippen LogP contribution in [-0.2, 0) is 11.6 Å². The minimum absolute atomic E-state index is 0.152. The summed E-state index contributed by atoms with van der Waals surface area (Å²) in [5, 5.41) is 7.00. The van der Waals surface area contributed by atoms with E-state index in [-0.39, 0.29) is 23.5 Å². The standard InChI is InChI=1S/C35H33O4P.C4H6N2.CH4O/c1-25(2)30-23-31(33(26-15-7-3-8-16-26)27-17-9-4-10-18-27)35(39-40(36,37)38)32(24-30)34(28-19-11-5-12-20-28)29-21-13-6-14-22-29;1-6-3-2-5-4-6;1-2/h3-25,33-34H,1-2H3,(H2,36,37,38);2-4H,1H3;2H,1H3. The zero-order valence-corrected chi connectivity index (χ0v) is 28.6. The second-order valence-corrected chi connectivity index (χ2v) is 12.6. The highest BCUT2D eigenvalue weighted by atomic mass is 31.2. The molecule has 0 aliphatic carbocycles. The molecule has 0 saturated heterocycles. The predicted octanol–water partition coefficient (Wildman–Crippen LogP) is 7.46. The molecule has 0 fully saturated rings. The molecule has 48 heavy (non-hydrogen) atoms. The Morgan fingerprint density at radius 3 is 1.25 bits per heavy atom. The Bertz CT molecular complexity index is 1660. The SMILES string of the molecule is CC(C)c1cc(C(c2ccccc2)c2ccccc2)c(OP(=O)([O-])O)c(C(c2ccccc2)c2ccccc2)c1.CO.C[n+]1cc[nH]c1. The van der Waals surface area contributed by atoms with Crippen LogP contribution in [0.5, 0.6) is 5.75 Å². The van der Waals surface area contributed by atoms with Crippen LogP contribution in [0.1, 0.15) is 70.5 Å². The number of aliphatic hydroxyl groups excluding tert-OH is 1. The van der Waals surface area contributed by atoms with Gasteiger partial charge in [0.25, 0.3) is 0 Å². The van der Waals surface area contributed by atoms with E-state index in [1.807, 2.05) is 164 Å². The van der Waals surface area contributed by atoms with Crippen LogP contribution < -0.4 is 14.0 Å². The molecule has 6 aromatic rings. The molecule has 0 radical (unpaired) electrons. The van der Waals surface area contributed by atoms with Crippen molar-refractivity contribution in [3.8, 4) is 5.75 Å². The molecule has 248 valence electrons. The highest BCUT2D eigenvalue weighted by Crippen LogP contribution is 2.49. The van der Waals surface area contributed by atoms with Gasteiger partial charge in [0.2, 0.25) is 6.33 Å². The molecule has 0 aliphatic rings. The number of rotatable bonds is 9. The van der Waals surface area contributed by atoms with Gasteiger partial charge in [-0.15, -0.1) is 0 Å². The van der Waals surface area contributed by atoms with Gasteiger partial charge in [-0.1, -0.05) is 147 Å². The monoisotopic (exact) mass is 662 g/mol. The van der Waals surface area contributed by atoms with Crippen molar-refractivity contribution in [2.24, 2.45) is 7.05 Å². The molecule has 7 nitrogen and oxygen atoms in total. The Morgan fingerprint density at radius 1 is 0.667 bits per heavy atom. The molecule has 0 amide bonds. The fraction of sp³-hybridized carbons (Fsp3) is 0.175. The summed E-state index contributed by atoms with van der Waals surface area (Å²) in [4.78, 5) is 25.5. The van der Waals surface area contributed by atoms with E-state index in [4.69, 9.17) is 9.63 Å². The lowest BCUT2D eigenvalue weighted by atomic mass is 9.78. The normalized spacial score (nSPS) is 12.0. The van der Waals surface area contributed by atoms with Crippen molar-refractivity contribution < 1.29 is 28.5 Å². The fourth-order valence-electron chi connectivity index (χ4n) is 5.73. The topological polar surface area (TPSA) is 109 Å². The Kier molecular flexibility index (Phi) is 13.1. The van der Waals surface area contributed by atoms with Gasteiger partial charge in [-0.05, 0) is 33.7 Å². The van der Waals surface area contributed by atoms with E-state index in [0.717, 1.165) is 34.9 Å². The third-order valence-corrected chi connectivity index (χ3v) is 8.29. The third kappa shape index (κ3) is 9.63. The Balaban J connectivity index is 0.000000578. The average Bonchev–Trinajstić information content (AvgIpc) is 3.59. The number of benzene rings is 5. The summed E-state index contributed by atoms with van der Waals surface area (Å²) in [6, 6.07) is 43.9. The lowest BCUT2D eigenvalue weighted by Crippen LogP contribution is -2.22. The summed E-state index contributed by atoms with van der Waals surface area (Å²) in [7, 11) is -2.21. The van der Waals surface area contributed by atoms with Crippen LogP contribution in [0.25, 0.3) is 0 Å². The van der Waals surface area contributed by atoms with Crippen molar-refractivity contribution >= 4 is 7.82 Å². The number of hydrogen-bond donors (Lipinski definition) is 3. The molecule has 1 unspecified atom stereocenters. The largest absolute Gasteiger partial charge is 0.746 e. The maximum Gasteiger partial charge on any atom is 0.317 e. The van der Waals surface area contributed by atoms with Gasteiger partial charge < -0.3 is 19.4 Å². The van der Waals surface area contributed by atoms with Crippen LogP contribution in [-0.4, -0.2) is 22.1 Å². The molecular weight excluding hydrogens is 619 g/mol. The number of imidazole rings is 1. The summed E-state index contributed by atoms with van der Waals surface area (Å²) < 4.78 is 20.0. The van der Waals surface area contributed by atoms with Crippen molar-refractivity contribution in [3.05, 3.63) is 191 Å². The molecule has 6 rings (SSSR count). The molecule has 3 N–H and O–H groups in total. The minimum atomic E-state index is -5.18. The van der Waals surface area contributed by atoms with Crippen LogP contribution in [0.4, 0.5) is 0 Å². The number of aliphatic hydroxyl groups is 1. The van der Waals surface area contributed by atoms with E-state index in [9.17, 15) is 14.4 Å². The Hall–Kier alpha value is -4.78. The van der Waals surface area contributed by atoms with Crippen molar-refractivity contribution in [2.75, 3.05) is 7.11 Å². The zero-order valence-electron chi connectivity index (χ0n) is 27.7. The van der Waals surface area contributed by atoms with Gasteiger partial charge in [0.15, 0.2) is 0 Å². The molecule has 0 saturated carbocycles. The van der Waals surface area contributed by atoms with E-state index in [1.54, 1.807) is 0 Å². The fourth-order valence-corrected chi connectivity index (χ4v) is 6.17. The van der Waals surface area contributed by atoms with Gasteiger partial charge >= 0.3 is 7.82 Å². The second-order valence-electron chi connectivity index (χ2n) is 11.5. The number of H-pyrrole nitrogens is 1. The number of phosphoric ester groups is 1. The summed E-state index contributed by atoms with van der Waals surface area (Å²) in [6.45, 7) is 4.24. The first-order chi connectivity index (χ1) is 23.2. The predicted molar refractivity (Wildman–Crippen MR) is 189 cm³/mol. The molecule has 1 aromatic heterocycles. The first-order valence-corrected chi connectivity index (χ1v) is 17.2. The summed E-state index contributed by atoms with van der Waals surface area (Å²) in [5.74, 6) is -0.373. The molecule has 1 heterocycles. The average molecular weight is 663 g/mol. The number of aryl methyl sites for hydroxylation is 1. The van der Waals surface area contributed by atoms with Gasteiger partial charge in [0.1, 0.15) is 18.1 Å². The van der Waals surface area contributed by atoms with E-state index in [2.05, 4.69) is 18.8 Å². The van der Waals surface area contributed by atoms with Crippen LogP contribution >= 0.6 is 7.82 Å². The number of phosphoric acid groups is 1. The Morgan fingerprint density at radius 2 is 1.02 bits per heavy atom. The number of aromatic amines is 1. The molecule has 0 spiro atoms. The highest BCUT2D eigenvalue weighted by Gasteiger charge is 2.30. The van der Waals surface area contributed by atoms with Crippen molar-refractivity contribution in [2.45, 2.75) is 31.6 Å². The van der Waals surface area contributed by atoms with E-state index in [1.165, 1.54) is 0 Å². The number of aromatic nitrogens is 2. The zero-order chi connectivity index (χ0) is 34.5. The van der Waals surface area contributed by atoms with Gasteiger partial charge in [0, 0.05) is 30.1 Å². The first kappa shape index (κ1) is 36.1. The number of nitrogens with one attached hydrogen (secondary N) is 1.